The van der Waals surface area contributed by atoms with Crippen LogP contribution in [0.25, 0.3) is 0 Å². The predicted molar refractivity (Wildman–Crippen MR) is 109 cm³/mol. The molecule has 0 aliphatic heterocycles. The average molecular weight is 373 g/mol. The van der Waals surface area contributed by atoms with E-state index in [1.165, 1.54) is 63.9 Å². The summed E-state index contributed by atoms with van der Waals surface area (Å²) >= 11 is 5.69. The van der Waals surface area contributed by atoms with E-state index in [4.69, 9.17) is 11.6 Å². The van der Waals surface area contributed by atoms with E-state index in [0.717, 1.165) is 17.8 Å². The van der Waals surface area contributed by atoms with Gasteiger partial charge in [-0.15, -0.1) is 0 Å². The monoisotopic (exact) mass is 372 g/mol. The van der Waals surface area contributed by atoms with Crippen molar-refractivity contribution in [3.05, 3.63) is 46.8 Å². The lowest BCUT2D eigenvalue weighted by molar-refractivity contribution is 0.154. The number of allylic oxidation sites excluding steroid dienone is 2. The Morgan fingerprint density at radius 2 is 1.69 bits per heavy atom. The minimum absolute atomic E-state index is 0.144. The van der Waals surface area contributed by atoms with Gasteiger partial charge in [0.15, 0.2) is 0 Å². The molecule has 2 fully saturated rings. The minimum atomic E-state index is -0.409. The van der Waals surface area contributed by atoms with Crippen LogP contribution in [0, 0.1) is 41.3 Å². The van der Waals surface area contributed by atoms with Crippen molar-refractivity contribution in [3.8, 4) is 11.8 Å². The zero-order chi connectivity index (χ0) is 18.4. The fourth-order valence-electron chi connectivity index (χ4n) is 4.76. The van der Waals surface area contributed by atoms with Gasteiger partial charge < -0.3 is 0 Å². The zero-order valence-electron chi connectivity index (χ0n) is 15.8. The molecule has 0 aromatic heterocycles. The minimum Gasteiger partial charge on any atom is -0.205 e. The van der Waals surface area contributed by atoms with E-state index in [9.17, 15) is 4.39 Å². The van der Waals surface area contributed by atoms with E-state index in [2.05, 4.69) is 24.8 Å². The van der Waals surface area contributed by atoms with Gasteiger partial charge in [-0.1, -0.05) is 55.7 Å². The molecular weight excluding hydrogens is 343 g/mol. The molecule has 140 valence electrons. The highest BCUT2D eigenvalue weighted by atomic mass is 35.5. The Balaban J connectivity index is 1.43. The molecule has 0 heterocycles. The van der Waals surface area contributed by atoms with E-state index >= 15 is 0 Å². The van der Waals surface area contributed by atoms with E-state index in [-0.39, 0.29) is 5.02 Å². The Bertz CT molecular complexity index is 665. The van der Waals surface area contributed by atoms with Gasteiger partial charge in [-0.3, -0.25) is 0 Å². The van der Waals surface area contributed by atoms with E-state index < -0.39 is 5.82 Å². The maximum absolute atomic E-state index is 13.4. The highest BCUT2D eigenvalue weighted by Gasteiger charge is 2.29. The number of rotatable bonds is 3. The summed E-state index contributed by atoms with van der Waals surface area (Å²) in [5.41, 5.74) is 0.669. The van der Waals surface area contributed by atoms with Crippen molar-refractivity contribution in [1.82, 2.24) is 0 Å². The third-order valence-corrected chi connectivity index (χ3v) is 6.85. The van der Waals surface area contributed by atoms with Gasteiger partial charge in [0.05, 0.1) is 5.02 Å². The molecular formula is C24H30ClF. The second-order valence-corrected chi connectivity index (χ2v) is 8.53. The van der Waals surface area contributed by atoms with Gasteiger partial charge in [0, 0.05) is 5.56 Å². The molecule has 2 aliphatic rings. The first-order valence-electron chi connectivity index (χ1n) is 10.3. The number of hydrogen-bond donors (Lipinski definition) is 0. The molecule has 26 heavy (non-hydrogen) atoms. The lowest BCUT2D eigenvalue weighted by Gasteiger charge is -2.37. The van der Waals surface area contributed by atoms with Crippen LogP contribution in [0.15, 0.2) is 30.4 Å². The van der Waals surface area contributed by atoms with Crippen LogP contribution in [0.5, 0.6) is 0 Å². The first kappa shape index (κ1) is 19.5. The lowest BCUT2D eigenvalue weighted by atomic mass is 9.69. The normalized spacial score (nSPS) is 29.3. The summed E-state index contributed by atoms with van der Waals surface area (Å²) in [7, 11) is 0. The maximum Gasteiger partial charge on any atom is 0.143 e. The smallest absolute Gasteiger partial charge is 0.143 e. The molecule has 0 N–H and O–H groups in total. The second-order valence-electron chi connectivity index (χ2n) is 8.12. The number of halogens is 2. The molecule has 3 rings (SSSR count). The van der Waals surface area contributed by atoms with Gasteiger partial charge >= 0.3 is 0 Å². The summed E-state index contributed by atoms with van der Waals surface area (Å²) in [6.45, 7) is 2.34. The molecule has 0 radical (unpaired) electrons. The van der Waals surface area contributed by atoms with Crippen molar-refractivity contribution in [2.75, 3.05) is 0 Å². The van der Waals surface area contributed by atoms with Gasteiger partial charge in [-0.25, -0.2) is 4.39 Å². The highest BCUT2D eigenvalue weighted by Crippen LogP contribution is 2.42. The molecule has 0 saturated heterocycles. The Morgan fingerprint density at radius 3 is 2.31 bits per heavy atom. The fourth-order valence-corrected chi connectivity index (χ4v) is 4.88. The van der Waals surface area contributed by atoms with Crippen molar-refractivity contribution in [1.29, 1.82) is 0 Å². The second kappa shape index (κ2) is 9.61. The van der Waals surface area contributed by atoms with Crippen LogP contribution in [0.3, 0.4) is 0 Å². The average Bonchev–Trinajstić information content (AvgIpc) is 2.68. The summed E-state index contributed by atoms with van der Waals surface area (Å²) in [4.78, 5) is 0. The van der Waals surface area contributed by atoms with Gasteiger partial charge in [-0.05, 0) is 86.5 Å². The Hall–Kier alpha value is -1.26. The highest BCUT2D eigenvalue weighted by molar-refractivity contribution is 6.30. The van der Waals surface area contributed by atoms with Crippen molar-refractivity contribution in [3.63, 3.8) is 0 Å². The van der Waals surface area contributed by atoms with E-state index in [1.54, 1.807) is 12.1 Å². The van der Waals surface area contributed by atoms with Gasteiger partial charge in [-0.2, -0.15) is 0 Å². The van der Waals surface area contributed by atoms with Crippen molar-refractivity contribution >= 4 is 11.6 Å². The third kappa shape index (κ3) is 5.37. The molecule has 0 nitrogen and oxygen atoms in total. The van der Waals surface area contributed by atoms with Gasteiger partial charge in [0.2, 0.25) is 0 Å². The lowest BCUT2D eigenvalue weighted by Crippen LogP contribution is -2.25. The standard InChI is InChI=1S/C24H30ClF/c1-2-18-7-12-21(13-8-18)22-14-9-19(10-15-22)5-3-4-6-20-11-16-23(25)24(26)17-20/h3,5,11,16-19,21-22H,2,7-10,12-15H2,1H3/t18-,19?,21-,22?. The van der Waals surface area contributed by atoms with Gasteiger partial charge in [0.1, 0.15) is 5.82 Å². The SMILES string of the molecule is CC[C@H]1CC[C@H](C2CCC(C=CC#Cc3ccc(Cl)c(F)c3)CC2)CC1. The van der Waals surface area contributed by atoms with Crippen LogP contribution in [0.2, 0.25) is 5.02 Å². The summed E-state index contributed by atoms with van der Waals surface area (Å²) in [6.07, 6.45) is 16.8. The van der Waals surface area contributed by atoms with E-state index in [0.29, 0.717) is 11.5 Å². The molecule has 1 aromatic rings. The van der Waals surface area contributed by atoms with Crippen LogP contribution >= 0.6 is 11.6 Å². The molecule has 1 aromatic carbocycles. The zero-order valence-corrected chi connectivity index (χ0v) is 16.6. The van der Waals surface area contributed by atoms with Crippen LogP contribution in [0.1, 0.15) is 70.3 Å². The topological polar surface area (TPSA) is 0 Å². The molecule has 2 saturated carbocycles. The van der Waals surface area contributed by atoms with Crippen LogP contribution < -0.4 is 0 Å². The Labute approximate surface area is 163 Å². The molecule has 0 atom stereocenters. The largest absolute Gasteiger partial charge is 0.205 e. The van der Waals surface area contributed by atoms with E-state index in [1.807, 2.05) is 6.08 Å². The van der Waals surface area contributed by atoms with Crippen LogP contribution in [-0.2, 0) is 0 Å². The quantitative estimate of drug-likeness (QED) is 0.484. The molecule has 2 heteroatoms. The van der Waals surface area contributed by atoms with Gasteiger partial charge in [0.25, 0.3) is 0 Å². The Morgan fingerprint density at radius 1 is 1.04 bits per heavy atom. The third-order valence-electron chi connectivity index (χ3n) is 6.54. The summed E-state index contributed by atoms with van der Waals surface area (Å²) in [5, 5.41) is 0.144. The molecule has 0 amide bonds. The van der Waals surface area contributed by atoms with Crippen molar-refractivity contribution in [2.45, 2.75) is 64.7 Å². The van der Waals surface area contributed by atoms with Crippen molar-refractivity contribution in [2.24, 2.45) is 23.7 Å². The number of benzene rings is 1. The molecule has 0 bridgehead atoms. The summed E-state index contributed by atoms with van der Waals surface area (Å²) in [6, 6.07) is 4.70. The van der Waals surface area contributed by atoms with Crippen molar-refractivity contribution < 1.29 is 4.39 Å². The fraction of sp³-hybridized carbons (Fsp3) is 0.583. The summed E-state index contributed by atoms with van der Waals surface area (Å²) in [5.74, 6) is 9.23. The summed E-state index contributed by atoms with van der Waals surface area (Å²) < 4.78 is 13.4. The first-order chi connectivity index (χ1) is 12.7. The molecule has 0 unspecified atom stereocenters. The first-order valence-corrected chi connectivity index (χ1v) is 10.7. The molecule has 2 aliphatic carbocycles. The predicted octanol–water partition coefficient (Wildman–Crippen LogP) is 7.41. The molecule has 0 spiro atoms. The van der Waals surface area contributed by atoms with Crippen LogP contribution in [-0.4, -0.2) is 0 Å². The maximum atomic E-state index is 13.4. The number of hydrogen-bond acceptors (Lipinski definition) is 0. The Kier molecular flexibility index (Phi) is 7.21. The van der Waals surface area contributed by atoms with Crippen LogP contribution in [0.4, 0.5) is 4.39 Å².